The van der Waals surface area contributed by atoms with Gasteiger partial charge in [-0.2, -0.15) is 31.4 Å². The largest absolute Gasteiger partial charge is 0.418 e. The molecule has 1 amide bonds. The molecule has 5 heterocycles. The molecule has 0 radical (unpaired) electrons. The Hall–Kier alpha value is -4.89. The lowest BCUT2D eigenvalue weighted by Gasteiger charge is -2.24. The first-order valence-corrected chi connectivity index (χ1v) is 12.0. The molecule has 0 aliphatic heterocycles. The fourth-order valence-electron chi connectivity index (χ4n) is 5.14. The number of halogens is 6. The average Bonchev–Trinajstić information content (AvgIpc) is 3.64. The number of nitrogens with zero attached hydrogens (tertiary/aromatic N) is 8. The van der Waals surface area contributed by atoms with Crippen molar-refractivity contribution in [3.8, 4) is 11.5 Å². The Bertz CT molecular complexity index is 1790. The Morgan fingerprint density at radius 1 is 1.10 bits per heavy atom. The van der Waals surface area contributed by atoms with Crippen molar-refractivity contribution in [2.24, 2.45) is 0 Å². The molecule has 0 aromatic carbocycles. The van der Waals surface area contributed by atoms with Crippen LogP contribution in [0.4, 0.5) is 32.0 Å². The van der Waals surface area contributed by atoms with Gasteiger partial charge in [0.1, 0.15) is 5.69 Å². The van der Waals surface area contributed by atoms with Gasteiger partial charge in [-0.25, -0.2) is 24.1 Å². The number of rotatable bonds is 5. The SMILES string of the molecule is C[C@]1(c2cnn(C(F)F)c2)C[C@@H](C(=O)Nc2cnc(-c3ncccn3)c(C(F)(F)F)c2)c2cnc3cc(F)nn3c21. The minimum absolute atomic E-state index is 0.0269. The minimum Gasteiger partial charge on any atom is -0.324 e. The Kier molecular flexibility index (Phi) is 6.00. The van der Waals surface area contributed by atoms with Crippen LogP contribution in [0.15, 0.2) is 55.4 Å². The molecule has 5 aromatic heterocycles. The number of carbonyl (C=O) groups is 1. The average molecular weight is 573 g/mol. The number of carbonyl (C=O) groups excluding carboxylic acids is 1. The lowest BCUT2D eigenvalue weighted by atomic mass is 9.80. The number of fused-ring (bicyclic) bond motifs is 3. The fourth-order valence-corrected chi connectivity index (χ4v) is 5.14. The lowest BCUT2D eigenvalue weighted by molar-refractivity contribution is -0.137. The van der Waals surface area contributed by atoms with Crippen LogP contribution < -0.4 is 5.32 Å². The summed E-state index contributed by atoms with van der Waals surface area (Å²) < 4.78 is 84.2. The van der Waals surface area contributed by atoms with Gasteiger partial charge in [-0.3, -0.25) is 9.78 Å². The zero-order chi connectivity index (χ0) is 29.1. The highest BCUT2D eigenvalue weighted by atomic mass is 19.4. The number of alkyl halides is 5. The molecular weight excluding hydrogens is 556 g/mol. The van der Waals surface area contributed by atoms with E-state index in [1.807, 2.05) is 0 Å². The van der Waals surface area contributed by atoms with Crippen LogP contribution in [0.25, 0.3) is 17.2 Å². The van der Waals surface area contributed by atoms with E-state index >= 15 is 0 Å². The Morgan fingerprint density at radius 3 is 2.54 bits per heavy atom. The topological polar surface area (TPSA) is 116 Å². The standard InChI is InChI=1S/C25H17F6N9O/c1-24(12-8-36-39(11-12)23(27)28)7-14(15-10-34-18-6-17(26)38-40(18)20(15)24)22(41)37-13-5-16(25(29,30)31)19(35-9-13)21-32-3-2-4-33-21/h2-6,8-11,14,23H,7H2,1H3,(H,37,41)/t14-,24-/m1/s1. The normalized spacial score (nSPS) is 18.7. The summed E-state index contributed by atoms with van der Waals surface area (Å²) in [5.74, 6) is -2.84. The molecule has 0 spiro atoms. The Morgan fingerprint density at radius 2 is 1.85 bits per heavy atom. The summed E-state index contributed by atoms with van der Waals surface area (Å²) in [6, 6.07) is 3.24. The summed E-state index contributed by atoms with van der Waals surface area (Å²) in [5.41, 5.74) is -2.07. The zero-order valence-corrected chi connectivity index (χ0v) is 20.8. The van der Waals surface area contributed by atoms with Gasteiger partial charge in [-0.05, 0) is 25.5 Å². The van der Waals surface area contributed by atoms with Crippen LogP contribution in [-0.2, 0) is 16.4 Å². The molecule has 1 aliphatic carbocycles. The van der Waals surface area contributed by atoms with Crippen LogP contribution in [0.2, 0.25) is 0 Å². The van der Waals surface area contributed by atoms with E-state index in [4.69, 9.17) is 0 Å². The van der Waals surface area contributed by atoms with Crippen LogP contribution in [0.3, 0.4) is 0 Å². The van der Waals surface area contributed by atoms with E-state index in [1.165, 1.54) is 35.4 Å². The van der Waals surface area contributed by atoms with Gasteiger partial charge in [0.05, 0.1) is 35.3 Å². The van der Waals surface area contributed by atoms with Crippen molar-refractivity contribution in [3.63, 3.8) is 0 Å². The third-order valence-electron chi connectivity index (χ3n) is 6.99. The molecule has 0 fully saturated rings. The number of nitrogens with one attached hydrogen (secondary N) is 1. The van der Waals surface area contributed by atoms with E-state index in [0.29, 0.717) is 21.5 Å². The molecule has 1 aliphatic rings. The second kappa shape index (κ2) is 9.35. The number of aromatic nitrogens is 8. The maximum atomic E-state index is 14.1. The smallest absolute Gasteiger partial charge is 0.324 e. The molecule has 1 N–H and O–H groups in total. The number of amides is 1. The zero-order valence-electron chi connectivity index (χ0n) is 20.8. The van der Waals surface area contributed by atoms with E-state index in [1.54, 1.807) is 6.92 Å². The fraction of sp³-hybridized carbons (Fsp3) is 0.240. The molecule has 41 heavy (non-hydrogen) atoms. The molecular formula is C25H17F6N9O. The second-order valence-corrected chi connectivity index (χ2v) is 9.55. The van der Waals surface area contributed by atoms with Gasteiger partial charge in [-0.1, -0.05) is 0 Å². The van der Waals surface area contributed by atoms with E-state index in [0.717, 1.165) is 24.5 Å². The third-order valence-corrected chi connectivity index (χ3v) is 6.99. The van der Waals surface area contributed by atoms with Gasteiger partial charge in [0.25, 0.3) is 0 Å². The van der Waals surface area contributed by atoms with Crippen LogP contribution in [0, 0.1) is 5.95 Å². The van der Waals surface area contributed by atoms with E-state index in [-0.39, 0.29) is 23.6 Å². The van der Waals surface area contributed by atoms with Crippen LogP contribution in [-0.4, -0.2) is 45.2 Å². The first kappa shape index (κ1) is 26.3. The summed E-state index contributed by atoms with van der Waals surface area (Å²) in [7, 11) is 0. The van der Waals surface area contributed by atoms with Crippen molar-refractivity contribution in [1.82, 2.24) is 39.3 Å². The lowest BCUT2D eigenvalue weighted by Crippen LogP contribution is -2.25. The molecule has 16 heteroatoms. The quantitative estimate of drug-likeness (QED) is 0.302. The minimum atomic E-state index is -4.84. The first-order valence-electron chi connectivity index (χ1n) is 12.0. The second-order valence-electron chi connectivity index (χ2n) is 9.55. The molecule has 10 nitrogen and oxygen atoms in total. The third kappa shape index (κ3) is 4.44. The predicted octanol–water partition coefficient (Wildman–Crippen LogP) is 4.76. The molecule has 5 aromatic rings. The van der Waals surface area contributed by atoms with Gasteiger partial charge in [-0.15, -0.1) is 5.10 Å². The summed E-state index contributed by atoms with van der Waals surface area (Å²) in [5, 5.41) is 9.99. The summed E-state index contributed by atoms with van der Waals surface area (Å²) in [6.45, 7) is -1.27. The highest BCUT2D eigenvalue weighted by Crippen LogP contribution is 2.50. The highest BCUT2D eigenvalue weighted by molar-refractivity contribution is 5.97. The maximum absolute atomic E-state index is 14.1. The monoisotopic (exact) mass is 573 g/mol. The maximum Gasteiger partial charge on any atom is 0.418 e. The van der Waals surface area contributed by atoms with Crippen LogP contribution >= 0.6 is 0 Å². The molecule has 2 atom stereocenters. The first-order chi connectivity index (χ1) is 19.5. The summed E-state index contributed by atoms with van der Waals surface area (Å²) in [6.07, 6.45) is 2.40. The van der Waals surface area contributed by atoms with Gasteiger partial charge in [0, 0.05) is 47.4 Å². The van der Waals surface area contributed by atoms with Crippen molar-refractivity contribution < 1.29 is 31.1 Å². The van der Waals surface area contributed by atoms with Crippen molar-refractivity contribution in [2.45, 2.75) is 37.4 Å². The summed E-state index contributed by atoms with van der Waals surface area (Å²) >= 11 is 0. The number of hydrogen-bond acceptors (Lipinski definition) is 7. The van der Waals surface area contributed by atoms with Crippen molar-refractivity contribution in [3.05, 3.63) is 83.7 Å². The molecule has 6 rings (SSSR count). The number of pyridine rings is 1. The Balaban J connectivity index is 1.40. The van der Waals surface area contributed by atoms with E-state index in [9.17, 15) is 31.1 Å². The summed E-state index contributed by atoms with van der Waals surface area (Å²) in [4.78, 5) is 29.2. The van der Waals surface area contributed by atoms with Gasteiger partial charge in [0.15, 0.2) is 11.5 Å². The van der Waals surface area contributed by atoms with Crippen molar-refractivity contribution in [1.29, 1.82) is 0 Å². The number of anilines is 1. The van der Waals surface area contributed by atoms with Gasteiger partial charge in [0.2, 0.25) is 11.9 Å². The molecule has 210 valence electrons. The van der Waals surface area contributed by atoms with Crippen LogP contribution in [0.1, 0.15) is 48.2 Å². The van der Waals surface area contributed by atoms with Crippen molar-refractivity contribution in [2.75, 3.05) is 5.32 Å². The highest BCUT2D eigenvalue weighted by Gasteiger charge is 2.48. The number of hydrogen-bond donors (Lipinski definition) is 1. The van der Waals surface area contributed by atoms with Crippen molar-refractivity contribution >= 4 is 17.2 Å². The Labute approximate surface area is 226 Å². The van der Waals surface area contributed by atoms with E-state index < -0.39 is 47.2 Å². The van der Waals surface area contributed by atoms with Gasteiger partial charge < -0.3 is 5.32 Å². The molecule has 0 bridgehead atoms. The molecule has 0 saturated heterocycles. The molecule has 0 saturated carbocycles. The van der Waals surface area contributed by atoms with Crippen LogP contribution in [0.5, 0.6) is 0 Å². The van der Waals surface area contributed by atoms with E-state index in [2.05, 4.69) is 35.5 Å². The molecule has 0 unspecified atom stereocenters. The van der Waals surface area contributed by atoms with Gasteiger partial charge >= 0.3 is 12.7 Å². The predicted molar refractivity (Wildman–Crippen MR) is 129 cm³/mol.